The van der Waals surface area contributed by atoms with E-state index in [1.54, 1.807) is 13.0 Å². The van der Waals surface area contributed by atoms with Crippen LogP contribution in [-0.4, -0.2) is 5.78 Å². The molecule has 0 aliphatic rings. The van der Waals surface area contributed by atoms with Crippen LogP contribution in [0.2, 0.25) is 0 Å². The molecule has 0 unspecified atom stereocenters. The van der Waals surface area contributed by atoms with Crippen LogP contribution in [0.3, 0.4) is 0 Å². The highest BCUT2D eigenvalue weighted by atomic mass is 16.1. The van der Waals surface area contributed by atoms with E-state index in [0.29, 0.717) is 5.57 Å². The Morgan fingerprint density at radius 3 is 2.71 bits per heavy atom. The number of carbonyl (C=O) groups excluding carboxylic acids is 1. The molecular weight excluding hydrogens is 172 g/mol. The number of ketones is 1. The molecule has 0 amide bonds. The Hall–Kier alpha value is -1.73. The van der Waals surface area contributed by atoms with Gasteiger partial charge in [-0.3, -0.25) is 4.79 Å². The molecule has 72 valence electrons. The normalized spacial score (nSPS) is 8.43. The molecule has 0 aromatic rings. The highest BCUT2D eigenvalue weighted by molar-refractivity contribution is 6.03. The average molecular weight is 186 g/mol. The second-order valence-electron chi connectivity index (χ2n) is 2.73. The topological polar surface area (TPSA) is 17.1 Å². The first kappa shape index (κ1) is 12.3. The lowest BCUT2D eigenvalue weighted by Gasteiger charge is -1.87. The number of allylic oxidation sites excluding steroid dienone is 3. The number of hydrogen-bond acceptors (Lipinski definition) is 1. The summed E-state index contributed by atoms with van der Waals surface area (Å²) in [6, 6.07) is 0. The number of hydrogen-bond donors (Lipinski definition) is 0. The van der Waals surface area contributed by atoms with Gasteiger partial charge < -0.3 is 0 Å². The van der Waals surface area contributed by atoms with Gasteiger partial charge in [-0.1, -0.05) is 30.9 Å². The third-order valence-corrected chi connectivity index (χ3v) is 1.50. The van der Waals surface area contributed by atoms with E-state index >= 15 is 0 Å². The summed E-state index contributed by atoms with van der Waals surface area (Å²) in [5.41, 5.74) is 10.6. The largest absolute Gasteiger partial charge is 0.289 e. The third kappa shape index (κ3) is 5.86. The van der Waals surface area contributed by atoms with Crippen LogP contribution in [0.4, 0.5) is 0 Å². The van der Waals surface area contributed by atoms with Gasteiger partial charge in [-0.15, -0.1) is 0 Å². The van der Waals surface area contributed by atoms with Crippen molar-refractivity contribution in [2.75, 3.05) is 0 Å². The van der Waals surface area contributed by atoms with Crippen molar-refractivity contribution in [3.8, 4) is 0 Å². The second kappa shape index (κ2) is 7.90. The Balaban J connectivity index is 4.64. The minimum atomic E-state index is -0.0446. The molecule has 0 radical (unpaired) electrons. The summed E-state index contributed by atoms with van der Waals surface area (Å²) < 4.78 is 0. The fourth-order valence-electron chi connectivity index (χ4n) is 0.713. The van der Waals surface area contributed by atoms with Gasteiger partial charge in [0.2, 0.25) is 0 Å². The van der Waals surface area contributed by atoms with Crippen molar-refractivity contribution in [3.63, 3.8) is 0 Å². The van der Waals surface area contributed by atoms with Crippen LogP contribution in [0.15, 0.2) is 47.2 Å². The molecule has 14 heavy (non-hydrogen) atoms. The average Bonchev–Trinajstić information content (AvgIpc) is 2.18. The van der Waals surface area contributed by atoms with Crippen molar-refractivity contribution in [2.45, 2.75) is 26.7 Å². The van der Waals surface area contributed by atoms with Crippen LogP contribution in [0.1, 0.15) is 26.7 Å². The molecule has 0 aromatic heterocycles. The lowest BCUT2D eigenvalue weighted by atomic mass is 10.2. The van der Waals surface area contributed by atoms with E-state index in [2.05, 4.69) is 36.4 Å². The molecule has 0 rings (SSSR count). The van der Waals surface area contributed by atoms with Crippen molar-refractivity contribution >= 4 is 5.78 Å². The highest BCUT2D eigenvalue weighted by Gasteiger charge is 1.96. The molecule has 0 atom stereocenters. The lowest BCUT2D eigenvalue weighted by Crippen LogP contribution is -1.91. The van der Waals surface area contributed by atoms with E-state index < -0.39 is 0 Å². The maximum atomic E-state index is 11.3. The first-order valence-electron chi connectivity index (χ1n) is 4.55. The van der Waals surface area contributed by atoms with Gasteiger partial charge in [-0.2, -0.15) is 0 Å². The molecule has 1 nitrogen and oxygen atoms in total. The Labute approximate surface area is 85.1 Å². The zero-order valence-corrected chi connectivity index (χ0v) is 8.68. The van der Waals surface area contributed by atoms with Gasteiger partial charge in [0.25, 0.3) is 0 Å². The molecule has 0 saturated heterocycles. The van der Waals surface area contributed by atoms with E-state index in [1.165, 1.54) is 0 Å². The number of rotatable bonds is 4. The second-order valence-corrected chi connectivity index (χ2v) is 2.73. The SMILES string of the molecule is C=C=C=C=C=C(C)C(=O)/C=C/CCC. The van der Waals surface area contributed by atoms with Crippen LogP contribution < -0.4 is 0 Å². The summed E-state index contributed by atoms with van der Waals surface area (Å²) in [7, 11) is 0. The van der Waals surface area contributed by atoms with Crippen molar-refractivity contribution in [1.82, 2.24) is 0 Å². The van der Waals surface area contributed by atoms with E-state index in [1.807, 2.05) is 6.08 Å². The standard InChI is InChI=1S/C13H14O/c1-4-6-8-10-12(3)13(14)11-9-7-5-2/h9,11H,1,5,7H2,2-3H3/b11-9+. The first-order valence-corrected chi connectivity index (χ1v) is 4.55. The van der Waals surface area contributed by atoms with Crippen molar-refractivity contribution in [3.05, 3.63) is 47.2 Å². The van der Waals surface area contributed by atoms with Gasteiger partial charge in [0.15, 0.2) is 5.78 Å². The quantitative estimate of drug-likeness (QED) is 0.487. The van der Waals surface area contributed by atoms with Gasteiger partial charge in [-0.25, -0.2) is 0 Å². The van der Waals surface area contributed by atoms with E-state index in [9.17, 15) is 4.79 Å². The fourth-order valence-corrected chi connectivity index (χ4v) is 0.713. The number of unbranched alkanes of at least 4 members (excludes halogenated alkanes) is 1. The Morgan fingerprint density at radius 1 is 1.43 bits per heavy atom. The molecule has 0 aliphatic heterocycles. The van der Waals surface area contributed by atoms with Gasteiger partial charge in [0.05, 0.1) is 0 Å². The summed E-state index contributed by atoms with van der Waals surface area (Å²) in [5, 5.41) is 0. The number of carbonyl (C=O) groups is 1. The van der Waals surface area contributed by atoms with Gasteiger partial charge >= 0.3 is 0 Å². The summed E-state index contributed by atoms with van der Waals surface area (Å²) in [6.45, 7) is 7.07. The zero-order chi connectivity index (χ0) is 10.8. The molecule has 0 fully saturated rings. The molecule has 0 aromatic carbocycles. The first-order chi connectivity index (χ1) is 6.72. The summed E-state index contributed by atoms with van der Waals surface area (Å²) in [6.07, 6.45) is 5.39. The minimum Gasteiger partial charge on any atom is -0.289 e. The maximum absolute atomic E-state index is 11.3. The molecule has 1 heteroatoms. The van der Waals surface area contributed by atoms with Crippen molar-refractivity contribution < 1.29 is 4.79 Å². The predicted molar refractivity (Wildman–Crippen MR) is 57.9 cm³/mol. The van der Waals surface area contributed by atoms with Crippen LogP contribution in [0, 0.1) is 0 Å². The molecule has 0 bridgehead atoms. The molecule has 0 spiro atoms. The minimum absolute atomic E-state index is 0.0446. The molecule has 0 aliphatic carbocycles. The summed E-state index contributed by atoms with van der Waals surface area (Å²) >= 11 is 0. The molecule has 0 saturated carbocycles. The third-order valence-electron chi connectivity index (χ3n) is 1.50. The Bertz CT molecular complexity index is 373. The van der Waals surface area contributed by atoms with Crippen LogP contribution >= 0.6 is 0 Å². The fraction of sp³-hybridized carbons (Fsp3) is 0.308. The maximum Gasteiger partial charge on any atom is 0.189 e. The summed E-state index contributed by atoms with van der Waals surface area (Å²) in [4.78, 5) is 11.3. The van der Waals surface area contributed by atoms with E-state index in [4.69, 9.17) is 0 Å². The van der Waals surface area contributed by atoms with Crippen LogP contribution in [0.5, 0.6) is 0 Å². The van der Waals surface area contributed by atoms with Crippen molar-refractivity contribution in [2.24, 2.45) is 0 Å². The van der Waals surface area contributed by atoms with Gasteiger partial charge in [0, 0.05) is 5.57 Å². The summed E-state index contributed by atoms with van der Waals surface area (Å²) in [5.74, 6) is -0.0446. The monoisotopic (exact) mass is 186 g/mol. The predicted octanol–water partition coefficient (Wildman–Crippen LogP) is 3.11. The van der Waals surface area contributed by atoms with Crippen LogP contribution in [-0.2, 0) is 4.79 Å². The van der Waals surface area contributed by atoms with E-state index in [0.717, 1.165) is 12.8 Å². The van der Waals surface area contributed by atoms with Crippen LogP contribution in [0.25, 0.3) is 0 Å². The van der Waals surface area contributed by atoms with Gasteiger partial charge in [-0.05, 0) is 37.5 Å². The van der Waals surface area contributed by atoms with Gasteiger partial charge in [0.1, 0.15) is 0 Å². The Morgan fingerprint density at radius 2 is 2.14 bits per heavy atom. The molecule has 0 heterocycles. The molecular formula is C13H14O. The zero-order valence-electron chi connectivity index (χ0n) is 8.68. The highest BCUT2D eigenvalue weighted by Crippen LogP contribution is 1.95. The Kier molecular flexibility index (Phi) is 6.92. The van der Waals surface area contributed by atoms with Crippen molar-refractivity contribution in [1.29, 1.82) is 0 Å². The lowest BCUT2D eigenvalue weighted by molar-refractivity contribution is -0.111. The molecule has 0 N–H and O–H groups in total. The smallest absolute Gasteiger partial charge is 0.189 e. The van der Waals surface area contributed by atoms with E-state index in [-0.39, 0.29) is 5.78 Å².